The van der Waals surface area contributed by atoms with Crippen LogP contribution in [0.2, 0.25) is 0 Å². The Morgan fingerprint density at radius 3 is 2.78 bits per heavy atom. The van der Waals surface area contributed by atoms with E-state index in [0.717, 1.165) is 3.57 Å². The van der Waals surface area contributed by atoms with Crippen LogP contribution in [0.4, 0.5) is 5.82 Å². The molecule has 2 aromatic heterocycles. The van der Waals surface area contributed by atoms with Crippen LogP contribution < -0.4 is 4.72 Å². The van der Waals surface area contributed by atoms with Gasteiger partial charge in [-0.3, -0.25) is 4.72 Å². The van der Waals surface area contributed by atoms with Gasteiger partial charge in [-0.1, -0.05) is 5.16 Å². The third kappa shape index (κ3) is 3.67. The molecule has 0 saturated heterocycles. The van der Waals surface area contributed by atoms with Gasteiger partial charge in [0.25, 0.3) is 0 Å². The van der Waals surface area contributed by atoms with E-state index in [4.69, 9.17) is 4.52 Å². The van der Waals surface area contributed by atoms with E-state index in [9.17, 15) is 8.42 Å². The van der Waals surface area contributed by atoms with Crippen LogP contribution in [0.1, 0.15) is 11.5 Å². The van der Waals surface area contributed by atoms with Crippen molar-refractivity contribution in [3.8, 4) is 0 Å². The van der Waals surface area contributed by atoms with Crippen molar-refractivity contribution in [3.05, 3.63) is 39.4 Å². The Balaban J connectivity index is 2.10. The number of hydrogen-bond acceptors (Lipinski definition) is 5. The number of halogens is 1. The summed E-state index contributed by atoms with van der Waals surface area (Å²) in [5.74, 6) is 0.626. The lowest BCUT2D eigenvalue weighted by Crippen LogP contribution is -2.16. The number of aryl methyl sites for hydroxylation is 1. The molecule has 0 fully saturated rings. The molecule has 2 aromatic rings. The third-order valence-corrected chi connectivity index (χ3v) is 3.84. The van der Waals surface area contributed by atoms with Crippen LogP contribution in [0.15, 0.2) is 28.9 Å². The fourth-order valence-corrected chi connectivity index (χ4v) is 2.67. The van der Waals surface area contributed by atoms with Crippen LogP contribution in [-0.2, 0) is 15.8 Å². The minimum absolute atomic E-state index is 0.238. The summed E-state index contributed by atoms with van der Waals surface area (Å²) in [5.41, 5.74) is 0.366. The second kappa shape index (κ2) is 5.22. The van der Waals surface area contributed by atoms with Gasteiger partial charge in [0, 0.05) is 15.8 Å². The number of nitrogens with zero attached hydrogens (tertiary/aromatic N) is 2. The van der Waals surface area contributed by atoms with E-state index in [2.05, 4.69) is 37.5 Å². The summed E-state index contributed by atoms with van der Waals surface area (Å²) in [7, 11) is -3.52. The molecule has 0 bridgehead atoms. The Morgan fingerprint density at radius 1 is 1.44 bits per heavy atom. The molecule has 0 aliphatic carbocycles. The zero-order valence-corrected chi connectivity index (χ0v) is 12.4. The first-order valence-corrected chi connectivity index (χ1v) is 7.72. The SMILES string of the molecule is Cc1cc(CS(=O)(=O)Nc2ccc(I)cn2)no1. The number of sulfonamides is 1. The van der Waals surface area contributed by atoms with Gasteiger partial charge in [-0.2, -0.15) is 0 Å². The summed E-state index contributed by atoms with van der Waals surface area (Å²) in [6.45, 7) is 1.71. The Labute approximate surface area is 118 Å². The van der Waals surface area contributed by atoms with Crippen molar-refractivity contribution < 1.29 is 12.9 Å². The molecule has 96 valence electrons. The van der Waals surface area contributed by atoms with Crippen LogP contribution in [0, 0.1) is 10.5 Å². The van der Waals surface area contributed by atoms with Crippen molar-refractivity contribution in [2.45, 2.75) is 12.7 Å². The highest BCUT2D eigenvalue weighted by molar-refractivity contribution is 14.1. The highest BCUT2D eigenvalue weighted by Gasteiger charge is 2.15. The van der Waals surface area contributed by atoms with Gasteiger partial charge < -0.3 is 4.52 Å². The number of pyridine rings is 1. The molecule has 0 aliphatic rings. The van der Waals surface area contributed by atoms with Gasteiger partial charge >= 0.3 is 0 Å². The molecule has 0 saturated carbocycles. The molecular weight excluding hydrogens is 369 g/mol. The summed E-state index contributed by atoms with van der Waals surface area (Å²) in [5, 5.41) is 3.64. The van der Waals surface area contributed by atoms with Gasteiger partial charge in [0.15, 0.2) is 0 Å². The van der Waals surface area contributed by atoms with Crippen molar-refractivity contribution in [3.63, 3.8) is 0 Å². The van der Waals surface area contributed by atoms with Crippen molar-refractivity contribution in [1.29, 1.82) is 0 Å². The highest BCUT2D eigenvalue weighted by atomic mass is 127. The van der Waals surface area contributed by atoms with Gasteiger partial charge in [-0.15, -0.1) is 0 Å². The van der Waals surface area contributed by atoms with Gasteiger partial charge in [-0.05, 0) is 41.6 Å². The molecule has 0 spiro atoms. The average Bonchev–Trinajstić information content (AvgIpc) is 2.66. The van der Waals surface area contributed by atoms with Crippen LogP contribution in [-0.4, -0.2) is 18.6 Å². The summed E-state index contributed by atoms with van der Waals surface area (Å²) in [4.78, 5) is 3.97. The summed E-state index contributed by atoms with van der Waals surface area (Å²) >= 11 is 2.09. The quantitative estimate of drug-likeness (QED) is 0.821. The molecule has 6 nitrogen and oxygen atoms in total. The van der Waals surface area contributed by atoms with Gasteiger partial charge in [-0.25, -0.2) is 13.4 Å². The number of aromatic nitrogens is 2. The minimum Gasteiger partial charge on any atom is -0.361 e. The molecule has 0 unspecified atom stereocenters. The molecule has 2 heterocycles. The Bertz CT molecular complexity index is 637. The van der Waals surface area contributed by atoms with Crippen molar-refractivity contribution in [2.75, 3.05) is 4.72 Å². The maximum Gasteiger partial charge on any atom is 0.239 e. The molecule has 1 N–H and O–H groups in total. The molecule has 18 heavy (non-hydrogen) atoms. The van der Waals surface area contributed by atoms with E-state index >= 15 is 0 Å². The number of anilines is 1. The zero-order chi connectivity index (χ0) is 13.2. The van der Waals surface area contributed by atoms with Crippen LogP contribution in [0.25, 0.3) is 0 Å². The zero-order valence-electron chi connectivity index (χ0n) is 9.42. The van der Waals surface area contributed by atoms with Gasteiger partial charge in [0.1, 0.15) is 23.0 Å². The molecule has 0 atom stereocenters. The maximum atomic E-state index is 11.8. The molecule has 8 heteroatoms. The first kappa shape index (κ1) is 13.3. The van der Waals surface area contributed by atoms with E-state index in [1.54, 1.807) is 31.3 Å². The van der Waals surface area contributed by atoms with E-state index in [-0.39, 0.29) is 11.6 Å². The molecule has 0 radical (unpaired) electrons. The first-order valence-electron chi connectivity index (χ1n) is 4.99. The van der Waals surface area contributed by atoms with E-state index in [0.29, 0.717) is 11.5 Å². The topological polar surface area (TPSA) is 85.1 Å². The lowest BCUT2D eigenvalue weighted by atomic mass is 10.4. The van der Waals surface area contributed by atoms with Crippen molar-refractivity contribution >= 4 is 38.4 Å². The largest absolute Gasteiger partial charge is 0.361 e. The predicted molar refractivity (Wildman–Crippen MR) is 74.4 cm³/mol. The molecular formula is C10H10IN3O3S. The Morgan fingerprint density at radius 2 is 2.22 bits per heavy atom. The molecule has 2 rings (SSSR count). The number of nitrogens with one attached hydrogen (secondary N) is 1. The predicted octanol–water partition coefficient (Wildman–Crippen LogP) is 1.92. The average molecular weight is 379 g/mol. The number of rotatable bonds is 4. The fourth-order valence-electron chi connectivity index (χ4n) is 1.31. The fraction of sp³-hybridized carbons (Fsp3) is 0.200. The van der Waals surface area contributed by atoms with Gasteiger partial charge in [0.05, 0.1) is 0 Å². The molecule has 0 aromatic carbocycles. The minimum atomic E-state index is -3.52. The monoisotopic (exact) mass is 379 g/mol. The van der Waals surface area contributed by atoms with E-state index in [1.165, 1.54) is 0 Å². The van der Waals surface area contributed by atoms with Crippen LogP contribution in [0.5, 0.6) is 0 Å². The van der Waals surface area contributed by atoms with E-state index < -0.39 is 10.0 Å². The smallest absolute Gasteiger partial charge is 0.239 e. The molecule has 0 aliphatic heterocycles. The maximum absolute atomic E-state index is 11.8. The van der Waals surface area contributed by atoms with Crippen LogP contribution in [0.3, 0.4) is 0 Å². The van der Waals surface area contributed by atoms with Gasteiger partial charge in [0.2, 0.25) is 10.0 Å². The highest BCUT2D eigenvalue weighted by Crippen LogP contribution is 2.12. The summed E-state index contributed by atoms with van der Waals surface area (Å²) in [6.07, 6.45) is 1.58. The van der Waals surface area contributed by atoms with Crippen molar-refractivity contribution in [2.24, 2.45) is 0 Å². The second-order valence-corrected chi connectivity index (χ2v) is 6.62. The Kier molecular flexibility index (Phi) is 3.85. The number of hydrogen-bond donors (Lipinski definition) is 1. The molecule has 0 amide bonds. The lowest BCUT2D eigenvalue weighted by Gasteiger charge is -2.05. The standard InChI is InChI=1S/C10H10IN3O3S/c1-7-4-9(13-17-7)6-18(15,16)14-10-3-2-8(11)5-12-10/h2-5H,6H2,1H3,(H,12,14). The summed E-state index contributed by atoms with van der Waals surface area (Å²) in [6, 6.07) is 4.96. The second-order valence-electron chi connectivity index (χ2n) is 3.65. The lowest BCUT2D eigenvalue weighted by molar-refractivity contribution is 0.392. The third-order valence-electron chi connectivity index (χ3n) is 2.00. The summed E-state index contributed by atoms with van der Waals surface area (Å²) < 4.78 is 31.8. The normalized spacial score (nSPS) is 11.4. The van der Waals surface area contributed by atoms with Crippen molar-refractivity contribution in [1.82, 2.24) is 10.1 Å². The Hall–Kier alpha value is -1.16. The first-order chi connectivity index (χ1) is 8.44. The van der Waals surface area contributed by atoms with E-state index in [1.807, 2.05) is 0 Å². The van der Waals surface area contributed by atoms with Crippen LogP contribution >= 0.6 is 22.6 Å².